The molecule has 2 amide bonds. The normalized spacial score (nSPS) is 26.9. The third-order valence-corrected chi connectivity index (χ3v) is 3.51. The van der Waals surface area contributed by atoms with E-state index in [9.17, 15) is 14.7 Å². The third kappa shape index (κ3) is 4.07. The van der Waals surface area contributed by atoms with Crippen molar-refractivity contribution in [2.75, 3.05) is 32.8 Å². The summed E-state index contributed by atoms with van der Waals surface area (Å²) in [6.07, 6.45) is -0.978. The largest absolute Gasteiger partial charge is 0.444 e. The summed E-state index contributed by atoms with van der Waals surface area (Å²) in [5.41, 5.74) is -0.628. The van der Waals surface area contributed by atoms with Crippen LogP contribution in [0.2, 0.25) is 0 Å². The van der Waals surface area contributed by atoms with E-state index >= 15 is 0 Å². The lowest BCUT2D eigenvalue weighted by atomic mass is 10.1. The highest BCUT2D eigenvalue weighted by Crippen LogP contribution is 2.23. The number of carbonyl (C=O) groups is 2. The van der Waals surface area contributed by atoms with Crippen molar-refractivity contribution in [1.82, 2.24) is 9.80 Å². The summed E-state index contributed by atoms with van der Waals surface area (Å²) in [7, 11) is 0. The fourth-order valence-corrected chi connectivity index (χ4v) is 2.56. The second-order valence-electron chi connectivity index (χ2n) is 6.48. The van der Waals surface area contributed by atoms with Gasteiger partial charge in [-0.3, -0.25) is 9.69 Å². The number of aliphatic hydroxyl groups is 1. The molecule has 0 bridgehead atoms. The predicted molar refractivity (Wildman–Crippen MR) is 74.8 cm³/mol. The highest BCUT2D eigenvalue weighted by atomic mass is 16.6. The summed E-state index contributed by atoms with van der Waals surface area (Å²) < 4.78 is 10.5. The Morgan fingerprint density at radius 2 is 1.86 bits per heavy atom. The minimum atomic E-state index is -0.687. The number of aliphatic hydroxyl groups excluding tert-OH is 1. The number of rotatable bonds is 1. The molecular weight excluding hydrogens is 276 g/mol. The number of morpholine rings is 1. The highest BCUT2D eigenvalue weighted by molar-refractivity contribution is 5.86. The molecule has 7 nitrogen and oxygen atoms in total. The maximum atomic E-state index is 12.5. The van der Waals surface area contributed by atoms with Gasteiger partial charge >= 0.3 is 6.09 Å². The molecule has 0 aliphatic carbocycles. The molecule has 0 spiro atoms. The zero-order valence-corrected chi connectivity index (χ0v) is 12.9. The summed E-state index contributed by atoms with van der Waals surface area (Å²) in [6, 6.07) is -0.645. The van der Waals surface area contributed by atoms with E-state index < -0.39 is 23.8 Å². The van der Waals surface area contributed by atoms with Crippen molar-refractivity contribution in [3.63, 3.8) is 0 Å². The minimum absolute atomic E-state index is 0.135. The summed E-state index contributed by atoms with van der Waals surface area (Å²) in [6.45, 7) is 7.51. The lowest BCUT2D eigenvalue weighted by Gasteiger charge is -2.33. The van der Waals surface area contributed by atoms with Crippen LogP contribution in [-0.2, 0) is 14.3 Å². The van der Waals surface area contributed by atoms with Crippen LogP contribution in [0.1, 0.15) is 27.2 Å². The van der Waals surface area contributed by atoms with E-state index in [4.69, 9.17) is 9.47 Å². The molecule has 1 N–H and O–H groups in total. The van der Waals surface area contributed by atoms with Crippen molar-refractivity contribution in [2.24, 2.45) is 0 Å². The topological polar surface area (TPSA) is 79.3 Å². The molecule has 0 saturated carbocycles. The number of likely N-dealkylation sites (tertiary alicyclic amines) is 1. The Morgan fingerprint density at radius 3 is 2.43 bits per heavy atom. The van der Waals surface area contributed by atoms with Gasteiger partial charge in [0, 0.05) is 19.5 Å². The lowest BCUT2D eigenvalue weighted by Crippen LogP contribution is -2.51. The van der Waals surface area contributed by atoms with E-state index in [0.29, 0.717) is 26.3 Å². The van der Waals surface area contributed by atoms with Gasteiger partial charge in [-0.1, -0.05) is 0 Å². The fraction of sp³-hybridized carbons (Fsp3) is 0.857. The molecule has 0 aromatic carbocycles. The Kier molecular flexibility index (Phi) is 4.73. The van der Waals surface area contributed by atoms with Gasteiger partial charge in [0.2, 0.25) is 5.91 Å². The van der Waals surface area contributed by atoms with Gasteiger partial charge in [-0.05, 0) is 20.8 Å². The van der Waals surface area contributed by atoms with Gasteiger partial charge in [0.1, 0.15) is 11.6 Å². The number of carbonyl (C=O) groups excluding carboxylic acids is 2. The molecule has 0 aromatic rings. The summed E-state index contributed by atoms with van der Waals surface area (Å²) in [5.74, 6) is -0.138. The Hall–Kier alpha value is -1.34. The maximum Gasteiger partial charge on any atom is 0.411 e. The average molecular weight is 300 g/mol. The Balaban J connectivity index is 2.05. The van der Waals surface area contributed by atoms with Crippen LogP contribution in [0.15, 0.2) is 0 Å². The first-order valence-corrected chi connectivity index (χ1v) is 7.32. The van der Waals surface area contributed by atoms with Gasteiger partial charge in [0.25, 0.3) is 0 Å². The summed E-state index contributed by atoms with van der Waals surface area (Å²) in [4.78, 5) is 27.8. The Labute approximate surface area is 124 Å². The van der Waals surface area contributed by atoms with Crippen LogP contribution in [0.5, 0.6) is 0 Å². The van der Waals surface area contributed by atoms with Gasteiger partial charge in [-0.25, -0.2) is 4.79 Å². The molecular formula is C14H24N2O5. The number of amides is 2. The predicted octanol–water partition coefficient (Wildman–Crippen LogP) is 0.215. The number of hydrogen-bond acceptors (Lipinski definition) is 5. The maximum absolute atomic E-state index is 12.5. The van der Waals surface area contributed by atoms with Gasteiger partial charge < -0.3 is 19.5 Å². The lowest BCUT2D eigenvalue weighted by molar-refractivity contribution is -0.140. The minimum Gasteiger partial charge on any atom is -0.444 e. The Morgan fingerprint density at radius 1 is 1.24 bits per heavy atom. The fourth-order valence-electron chi connectivity index (χ4n) is 2.56. The first-order valence-electron chi connectivity index (χ1n) is 7.32. The monoisotopic (exact) mass is 300 g/mol. The van der Waals surface area contributed by atoms with E-state index in [1.54, 1.807) is 25.7 Å². The molecule has 21 heavy (non-hydrogen) atoms. The second-order valence-corrected chi connectivity index (χ2v) is 6.48. The van der Waals surface area contributed by atoms with Crippen LogP contribution in [0.4, 0.5) is 4.79 Å². The van der Waals surface area contributed by atoms with Gasteiger partial charge in [0.15, 0.2) is 0 Å². The number of nitrogens with zero attached hydrogens (tertiary/aromatic N) is 2. The smallest absolute Gasteiger partial charge is 0.411 e. The molecule has 0 aromatic heterocycles. The molecule has 120 valence electrons. The van der Waals surface area contributed by atoms with Crippen LogP contribution in [0.25, 0.3) is 0 Å². The first kappa shape index (κ1) is 16.0. The van der Waals surface area contributed by atoms with Crippen molar-refractivity contribution < 1.29 is 24.2 Å². The molecule has 2 aliphatic heterocycles. The highest BCUT2D eigenvalue weighted by Gasteiger charge is 2.42. The molecule has 0 radical (unpaired) electrons. The van der Waals surface area contributed by atoms with E-state index in [1.165, 1.54) is 4.90 Å². The van der Waals surface area contributed by atoms with Crippen molar-refractivity contribution in [2.45, 2.75) is 44.9 Å². The SMILES string of the molecule is CC(C)(C)OC(=O)N1C[C@H](O)C[C@@H]1C(=O)N1CCOCC1. The van der Waals surface area contributed by atoms with Crippen LogP contribution in [-0.4, -0.2) is 77.5 Å². The van der Waals surface area contributed by atoms with Crippen LogP contribution in [0, 0.1) is 0 Å². The van der Waals surface area contributed by atoms with E-state index in [0.717, 1.165) is 0 Å². The summed E-state index contributed by atoms with van der Waals surface area (Å²) in [5, 5.41) is 9.82. The molecule has 7 heteroatoms. The van der Waals surface area contributed by atoms with Crippen molar-refractivity contribution in [3.05, 3.63) is 0 Å². The van der Waals surface area contributed by atoms with E-state index in [2.05, 4.69) is 0 Å². The molecule has 2 atom stereocenters. The van der Waals surface area contributed by atoms with Gasteiger partial charge in [-0.2, -0.15) is 0 Å². The summed E-state index contributed by atoms with van der Waals surface area (Å²) >= 11 is 0. The number of ether oxygens (including phenoxy) is 2. The zero-order valence-electron chi connectivity index (χ0n) is 12.9. The van der Waals surface area contributed by atoms with Crippen molar-refractivity contribution in [3.8, 4) is 0 Å². The van der Waals surface area contributed by atoms with Crippen LogP contribution >= 0.6 is 0 Å². The zero-order chi connectivity index (χ0) is 15.6. The van der Waals surface area contributed by atoms with E-state index in [-0.39, 0.29) is 18.9 Å². The Bertz CT molecular complexity index is 401. The molecule has 2 heterocycles. The second kappa shape index (κ2) is 6.19. The van der Waals surface area contributed by atoms with Crippen LogP contribution in [0.3, 0.4) is 0 Å². The molecule has 2 fully saturated rings. The van der Waals surface area contributed by atoms with Crippen molar-refractivity contribution in [1.29, 1.82) is 0 Å². The first-order chi connectivity index (χ1) is 9.78. The van der Waals surface area contributed by atoms with Gasteiger partial charge in [0.05, 0.1) is 25.9 Å². The van der Waals surface area contributed by atoms with Crippen molar-refractivity contribution >= 4 is 12.0 Å². The molecule has 2 rings (SSSR count). The quantitative estimate of drug-likeness (QED) is 0.749. The molecule has 2 saturated heterocycles. The number of β-amino-alcohol motifs (C(OH)–C–C–N with tert-alkyl or cyclic N) is 1. The molecule has 0 unspecified atom stereocenters. The molecule has 2 aliphatic rings. The third-order valence-electron chi connectivity index (χ3n) is 3.51. The van der Waals surface area contributed by atoms with Crippen LogP contribution < -0.4 is 0 Å². The van der Waals surface area contributed by atoms with Gasteiger partial charge in [-0.15, -0.1) is 0 Å². The number of hydrogen-bond donors (Lipinski definition) is 1. The van der Waals surface area contributed by atoms with E-state index in [1.807, 2.05) is 0 Å². The average Bonchev–Trinajstić information content (AvgIpc) is 2.79. The standard InChI is InChI=1S/C14H24N2O5/c1-14(2,3)21-13(19)16-9-10(17)8-11(16)12(18)15-4-6-20-7-5-15/h10-11,17H,4-9H2,1-3H3/t10-,11-/m1/s1.